The molecule has 9 nitrogen and oxygen atoms in total. The molecule has 0 spiro atoms. The van der Waals surface area contributed by atoms with Gasteiger partial charge in [-0.3, -0.25) is 9.29 Å². The number of phenols is 1. The number of phenolic OH excluding ortho intramolecular Hbond substituents is 1. The van der Waals surface area contributed by atoms with Gasteiger partial charge < -0.3 is 19.5 Å². The molecule has 0 fully saturated rings. The van der Waals surface area contributed by atoms with Crippen LogP contribution in [-0.4, -0.2) is 31.7 Å². The van der Waals surface area contributed by atoms with Crippen LogP contribution in [0.15, 0.2) is 77.8 Å². The molecule has 2 aromatic carbocycles. The minimum Gasteiger partial charge on any atom is -0.508 e. The largest absolute Gasteiger partial charge is 0.508 e. The van der Waals surface area contributed by atoms with Crippen LogP contribution in [0.1, 0.15) is 25.2 Å². The highest BCUT2D eigenvalue weighted by Crippen LogP contribution is 2.60. The molecule has 1 heterocycles. The second kappa shape index (κ2) is 10.8. The van der Waals surface area contributed by atoms with E-state index in [2.05, 4.69) is 15.0 Å². The molecule has 1 unspecified atom stereocenters. The van der Waals surface area contributed by atoms with Gasteiger partial charge in [0.15, 0.2) is 5.78 Å². The number of nitrogens with one attached hydrogen (secondary N) is 2. The smallest absolute Gasteiger partial charge is 0.357 e. The summed E-state index contributed by atoms with van der Waals surface area (Å²) in [7, 11) is -7.49. The van der Waals surface area contributed by atoms with Gasteiger partial charge in [0.25, 0.3) is 10.0 Å². The van der Waals surface area contributed by atoms with Crippen molar-refractivity contribution in [2.75, 3.05) is 23.3 Å². The number of aromatic hydroxyl groups is 1. The number of anilines is 2. The van der Waals surface area contributed by atoms with E-state index in [1.165, 1.54) is 30.5 Å². The van der Waals surface area contributed by atoms with Crippen LogP contribution in [0, 0.1) is 0 Å². The molecule has 176 valence electrons. The van der Waals surface area contributed by atoms with E-state index in [4.69, 9.17) is 9.05 Å². The average molecular weight is 492 g/mol. The second-order valence-electron chi connectivity index (χ2n) is 6.86. The van der Waals surface area contributed by atoms with Gasteiger partial charge in [-0.1, -0.05) is 18.2 Å². The van der Waals surface area contributed by atoms with Crippen LogP contribution < -0.4 is 10.0 Å². The van der Waals surface area contributed by atoms with Crippen molar-refractivity contribution in [3.8, 4) is 5.75 Å². The number of aromatic nitrogens is 1. The van der Waals surface area contributed by atoms with E-state index in [1.807, 2.05) is 0 Å². The molecular formula is C22H26N3O6PS. The topological polar surface area (TPSA) is 127 Å². The number of benzene rings is 2. The van der Waals surface area contributed by atoms with Crippen molar-refractivity contribution in [2.24, 2.45) is 0 Å². The van der Waals surface area contributed by atoms with E-state index >= 15 is 0 Å². The lowest BCUT2D eigenvalue weighted by atomic mass is 10.2. The molecule has 33 heavy (non-hydrogen) atoms. The molecule has 11 heteroatoms. The van der Waals surface area contributed by atoms with E-state index < -0.39 is 23.4 Å². The first-order valence-electron chi connectivity index (χ1n) is 10.3. The Morgan fingerprint density at radius 3 is 2.15 bits per heavy atom. The Morgan fingerprint density at radius 1 is 0.970 bits per heavy atom. The van der Waals surface area contributed by atoms with Gasteiger partial charge in [0.2, 0.25) is 0 Å². The number of hydrogen-bond donors (Lipinski definition) is 3. The minimum absolute atomic E-state index is 0.0395. The van der Waals surface area contributed by atoms with Gasteiger partial charge in [0, 0.05) is 11.9 Å². The highest BCUT2D eigenvalue weighted by Gasteiger charge is 2.37. The molecule has 0 bridgehead atoms. The Hall–Kier alpha value is -2.91. The zero-order valence-electron chi connectivity index (χ0n) is 18.2. The second-order valence-corrected chi connectivity index (χ2v) is 10.7. The lowest BCUT2D eigenvalue weighted by Gasteiger charge is -2.28. The van der Waals surface area contributed by atoms with Crippen LogP contribution >= 0.6 is 7.60 Å². The highest BCUT2D eigenvalue weighted by molar-refractivity contribution is 7.92. The van der Waals surface area contributed by atoms with Crippen LogP contribution in [0.3, 0.4) is 0 Å². The summed E-state index contributed by atoms with van der Waals surface area (Å²) in [6.45, 7) is 3.77. The summed E-state index contributed by atoms with van der Waals surface area (Å²) in [5, 5.41) is 12.8. The van der Waals surface area contributed by atoms with Crippen molar-refractivity contribution < 1.29 is 27.1 Å². The molecule has 0 saturated carbocycles. The van der Waals surface area contributed by atoms with Gasteiger partial charge in [0.1, 0.15) is 11.6 Å². The Kier molecular flexibility index (Phi) is 8.10. The first-order valence-corrected chi connectivity index (χ1v) is 13.3. The zero-order chi connectivity index (χ0) is 23.9. The molecule has 0 amide bonds. The minimum atomic E-state index is -3.83. The number of rotatable bonds is 11. The van der Waals surface area contributed by atoms with Gasteiger partial charge in [-0.2, -0.15) is 0 Å². The summed E-state index contributed by atoms with van der Waals surface area (Å²) in [6.07, 6.45) is 1.49. The molecule has 0 aliphatic rings. The predicted octanol–water partition coefficient (Wildman–Crippen LogP) is 4.96. The lowest BCUT2D eigenvalue weighted by molar-refractivity contribution is 0.214. The number of nitrogens with zero attached hydrogens (tertiary/aromatic N) is 1. The average Bonchev–Trinajstić information content (AvgIpc) is 2.79. The van der Waals surface area contributed by atoms with Crippen molar-refractivity contribution in [1.82, 2.24) is 4.98 Å². The van der Waals surface area contributed by atoms with Gasteiger partial charge in [-0.25, -0.2) is 13.4 Å². The molecule has 3 N–H and O–H groups in total. The highest BCUT2D eigenvalue weighted by atomic mass is 32.2. The van der Waals surface area contributed by atoms with Crippen LogP contribution in [-0.2, 0) is 23.6 Å². The Bertz CT molecular complexity index is 1180. The van der Waals surface area contributed by atoms with E-state index in [9.17, 15) is 18.1 Å². The third-order valence-corrected chi connectivity index (χ3v) is 8.18. The summed E-state index contributed by atoms with van der Waals surface area (Å²) < 4.78 is 52.3. The molecule has 1 aromatic heterocycles. The Balaban J connectivity index is 1.88. The normalized spacial score (nSPS) is 12.8. The van der Waals surface area contributed by atoms with Gasteiger partial charge >= 0.3 is 7.60 Å². The summed E-state index contributed by atoms with van der Waals surface area (Å²) >= 11 is 0. The molecule has 1 atom stereocenters. The summed E-state index contributed by atoms with van der Waals surface area (Å²) in [5.74, 6) is -0.608. The maximum Gasteiger partial charge on any atom is 0.357 e. The summed E-state index contributed by atoms with van der Waals surface area (Å²) in [6, 6.07) is 17.1. The number of hydrogen-bond acceptors (Lipinski definition) is 8. The number of pyridine rings is 1. The van der Waals surface area contributed by atoms with Gasteiger partial charge in [-0.05, 0) is 67.9 Å². The maximum absolute atomic E-state index is 13.6. The first kappa shape index (κ1) is 24.7. The fourth-order valence-corrected chi connectivity index (χ4v) is 6.00. The van der Waals surface area contributed by atoms with Crippen molar-refractivity contribution in [3.05, 3.63) is 78.5 Å². The maximum atomic E-state index is 13.6. The van der Waals surface area contributed by atoms with E-state index in [0.29, 0.717) is 11.3 Å². The SMILES string of the molecule is CCOP(=O)(OCC)C(Nc1ccc(S(=O)(=O)Nc2ccccn2)cc1)c1ccc(O)cc1. The summed E-state index contributed by atoms with van der Waals surface area (Å²) in [5.41, 5.74) is 1.08. The Morgan fingerprint density at radius 2 is 1.61 bits per heavy atom. The third-order valence-electron chi connectivity index (χ3n) is 4.51. The zero-order valence-corrected chi connectivity index (χ0v) is 19.9. The van der Waals surface area contributed by atoms with Crippen molar-refractivity contribution in [1.29, 1.82) is 0 Å². The summed E-state index contributed by atoms with van der Waals surface area (Å²) in [4.78, 5) is 4.01. The fraction of sp³-hybridized carbons (Fsp3) is 0.227. The molecular weight excluding hydrogens is 465 g/mol. The molecule has 0 saturated heterocycles. The van der Waals surface area contributed by atoms with Crippen LogP contribution in [0.4, 0.5) is 11.5 Å². The molecule has 0 aliphatic heterocycles. The van der Waals surface area contributed by atoms with Crippen molar-refractivity contribution >= 4 is 29.1 Å². The number of sulfonamides is 1. The Labute approximate surface area is 193 Å². The predicted molar refractivity (Wildman–Crippen MR) is 127 cm³/mol. The van der Waals surface area contributed by atoms with Gasteiger partial charge in [-0.15, -0.1) is 0 Å². The molecule has 3 rings (SSSR count). The van der Waals surface area contributed by atoms with Crippen molar-refractivity contribution in [2.45, 2.75) is 24.5 Å². The third kappa shape index (κ3) is 6.33. The van der Waals surface area contributed by atoms with Crippen LogP contribution in [0.2, 0.25) is 0 Å². The van der Waals surface area contributed by atoms with E-state index in [0.717, 1.165) is 0 Å². The molecule has 0 aliphatic carbocycles. The van der Waals surface area contributed by atoms with Crippen molar-refractivity contribution in [3.63, 3.8) is 0 Å². The van der Waals surface area contributed by atoms with Crippen LogP contribution in [0.25, 0.3) is 0 Å². The fourth-order valence-electron chi connectivity index (χ4n) is 3.06. The van der Waals surface area contributed by atoms with E-state index in [-0.39, 0.29) is 29.7 Å². The molecule has 0 radical (unpaired) electrons. The first-order chi connectivity index (χ1) is 15.8. The standard InChI is InChI=1S/C22H26N3O6PS/c1-3-30-32(27,31-4-2)22(17-8-12-19(26)13-9-17)24-18-10-14-20(15-11-18)33(28,29)25-21-7-5-6-16-23-21/h5-16,22,24,26H,3-4H2,1-2H3,(H,23,25). The van der Waals surface area contributed by atoms with E-state index in [1.54, 1.807) is 56.3 Å². The molecule has 3 aromatic rings. The monoisotopic (exact) mass is 491 g/mol. The van der Waals surface area contributed by atoms with Crippen LogP contribution in [0.5, 0.6) is 5.75 Å². The lowest BCUT2D eigenvalue weighted by Crippen LogP contribution is -2.16. The quantitative estimate of drug-likeness (QED) is 0.321. The van der Waals surface area contributed by atoms with Gasteiger partial charge in [0.05, 0.1) is 18.1 Å².